The number of amides is 3. The Bertz CT molecular complexity index is 650. The second-order valence-electron chi connectivity index (χ2n) is 5.49. The molecule has 3 heterocycles. The van der Waals surface area contributed by atoms with Crippen molar-refractivity contribution in [1.82, 2.24) is 20.2 Å². The summed E-state index contributed by atoms with van der Waals surface area (Å²) in [4.78, 5) is 45.6. The minimum Gasteiger partial charge on any atom is -0.378 e. The molecular formula is C14H17N5O4. The van der Waals surface area contributed by atoms with Crippen molar-refractivity contribution < 1.29 is 19.1 Å². The number of fused-ring (bicyclic) bond motifs is 2. The molecule has 23 heavy (non-hydrogen) atoms. The molecule has 2 aliphatic heterocycles. The number of hydrogen-bond acceptors (Lipinski definition) is 6. The monoisotopic (exact) mass is 319 g/mol. The molecule has 1 aromatic rings. The molecule has 2 N–H and O–H groups in total. The predicted octanol–water partition coefficient (Wildman–Crippen LogP) is -0.949. The number of methoxy groups -OCH3 is 1. The summed E-state index contributed by atoms with van der Waals surface area (Å²) in [5.74, 6) is -1.50. The van der Waals surface area contributed by atoms with Crippen LogP contribution in [0.25, 0.3) is 0 Å². The molecule has 2 atom stereocenters. The quantitative estimate of drug-likeness (QED) is 0.695. The van der Waals surface area contributed by atoms with E-state index in [4.69, 9.17) is 4.74 Å². The molecule has 0 aromatic carbocycles. The van der Waals surface area contributed by atoms with Crippen LogP contribution in [0.5, 0.6) is 0 Å². The molecule has 0 spiro atoms. The number of nitrogens with zero attached hydrogens (tertiary/aromatic N) is 3. The van der Waals surface area contributed by atoms with Crippen LogP contribution in [0.2, 0.25) is 0 Å². The Balaban J connectivity index is 1.70. The summed E-state index contributed by atoms with van der Waals surface area (Å²) >= 11 is 0. The van der Waals surface area contributed by atoms with E-state index in [1.165, 1.54) is 24.4 Å². The summed E-state index contributed by atoms with van der Waals surface area (Å²) < 4.78 is 4.96. The van der Waals surface area contributed by atoms with Crippen molar-refractivity contribution in [2.75, 3.05) is 19.0 Å². The summed E-state index contributed by atoms with van der Waals surface area (Å²) in [6.45, 7) is 0.662. The molecule has 3 amide bonds. The normalized spacial score (nSPS) is 22.7. The highest BCUT2D eigenvalue weighted by atomic mass is 16.5. The van der Waals surface area contributed by atoms with Crippen LogP contribution in [0, 0.1) is 0 Å². The largest absolute Gasteiger partial charge is 0.378 e. The number of aromatic nitrogens is 2. The zero-order valence-electron chi connectivity index (χ0n) is 12.6. The van der Waals surface area contributed by atoms with Crippen LogP contribution in [0.3, 0.4) is 0 Å². The molecule has 9 heteroatoms. The number of rotatable bonds is 3. The molecule has 2 unspecified atom stereocenters. The number of carbonyl (C=O) groups excluding carboxylic acids is 3. The molecule has 2 aliphatic rings. The van der Waals surface area contributed by atoms with Gasteiger partial charge in [-0.1, -0.05) is 0 Å². The van der Waals surface area contributed by atoms with E-state index in [0.29, 0.717) is 25.1 Å². The van der Waals surface area contributed by atoms with Gasteiger partial charge in [-0.3, -0.25) is 14.4 Å². The van der Waals surface area contributed by atoms with E-state index in [9.17, 15) is 14.4 Å². The first-order chi connectivity index (χ1) is 11.1. The van der Waals surface area contributed by atoms with Gasteiger partial charge < -0.3 is 20.3 Å². The van der Waals surface area contributed by atoms with Gasteiger partial charge in [0.05, 0.1) is 18.3 Å². The second-order valence-corrected chi connectivity index (χ2v) is 5.49. The maximum absolute atomic E-state index is 12.4. The van der Waals surface area contributed by atoms with Crippen LogP contribution in [-0.2, 0) is 25.7 Å². The number of carbonyl (C=O) groups is 3. The maximum atomic E-state index is 12.4. The number of anilines is 1. The van der Waals surface area contributed by atoms with E-state index in [1.807, 2.05) is 0 Å². The SMILES string of the molecule is COCc1cc(NC(=O)C(=O)N2C3CCC2C(=O)NC3)ncn1. The predicted molar refractivity (Wildman–Crippen MR) is 78.0 cm³/mol. The third-order valence-electron chi connectivity index (χ3n) is 4.00. The minimum absolute atomic E-state index is 0.120. The highest BCUT2D eigenvalue weighted by molar-refractivity contribution is 6.40. The first kappa shape index (κ1) is 15.3. The fraction of sp³-hybridized carbons (Fsp3) is 0.500. The van der Waals surface area contributed by atoms with Crippen molar-refractivity contribution in [2.45, 2.75) is 31.5 Å². The molecule has 2 fully saturated rings. The minimum atomic E-state index is -0.807. The van der Waals surface area contributed by atoms with Crippen LogP contribution in [0.15, 0.2) is 12.4 Å². The van der Waals surface area contributed by atoms with Gasteiger partial charge in [-0.2, -0.15) is 0 Å². The van der Waals surface area contributed by atoms with Gasteiger partial charge in [0, 0.05) is 19.7 Å². The lowest BCUT2D eigenvalue weighted by Crippen LogP contribution is -2.59. The molecular weight excluding hydrogens is 302 g/mol. The van der Waals surface area contributed by atoms with Gasteiger partial charge in [0.1, 0.15) is 18.2 Å². The summed E-state index contributed by atoms with van der Waals surface area (Å²) in [5, 5.41) is 5.19. The van der Waals surface area contributed by atoms with Gasteiger partial charge in [0.25, 0.3) is 0 Å². The molecule has 0 saturated carbocycles. The Labute approximate surface area is 132 Å². The Morgan fingerprint density at radius 3 is 3.04 bits per heavy atom. The second kappa shape index (κ2) is 6.29. The van der Waals surface area contributed by atoms with E-state index < -0.39 is 17.9 Å². The fourth-order valence-corrected chi connectivity index (χ4v) is 2.96. The van der Waals surface area contributed by atoms with Gasteiger partial charge in [-0.05, 0) is 12.8 Å². The molecule has 3 rings (SSSR count). The summed E-state index contributed by atoms with van der Waals surface area (Å²) in [5.41, 5.74) is 0.586. The number of nitrogens with one attached hydrogen (secondary N) is 2. The smallest absolute Gasteiger partial charge is 0.315 e. The zero-order chi connectivity index (χ0) is 16.4. The number of piperazine rings is 1. The van der Waals surface area contributed by atoms with Gasteiger partial charge in [0.2, 0.25) is 5.91 Å². The maximum Gasteiger partial charge on any atom is 0.315 e. The van der Waals surface area contributed by atoms with Crippen LogP contribution in [0.1, 0.15) is 18.5 Å². The van der Waals surface area contributed by atoms with E-state index in [0.717, 1.165) is 0 Å². The standard InChI is InChI=1S/C14H17N5O4/c1-23-6-8-4-11(17-7-16-8)18-13(21)14(22)19-9-2-3-10(19)12(20)15-5-9/h4,7,9-10H,2-3,5-6H2,1H3,(H,15,20)(H,16,17,18,21). The Hall–Kier alpha value is -2.55. The average Bonchev–Trinajstić information content (AvgIpc) is 2.87. The van der Waals surface area contributed by atoms with Crippen molar-refractivity contribution >= 4 is 23.5 Å². The van der Waals surface area contributed by atoms with Crippen LogP contribution >= 0.6 is 0 Å². The lowest BCUT2D eigenvalue weighted by atomic mass is 10.2. The van der Waals surface area contributed by atoms with Crippen molar-refractivity contribution in [3.05, 3.63) is 18.1 Å². The topological polar surface area (TPSA) is 114 Å². The van der Waals surface area contributed by atoms with E-state index in [2.05, 4.69) is 20.6 Å². The highest BCUT2D eigenvalue weighted by Gasteiger charge is 2.46. The van der Waals surface area contributed by atoms with Crippen molar-refractivity contribution in [2.24, 2.45) is 0 Å². The average molecular weight is 319 g/mol. The highest BCUT2D eigenvalue weighted by Crippen LogP contribution is 2.27. The van der Waals surface area contributed by atoms with Gasteiger partial charge in [-0.25, -0.2) is 9.97 Å². The molecule has 1 aromatic heterocycles. The Kier molecular flexibility index (Phi) is 4.20. The summed E-state index contributed by atoms with van der Waals surface area (Å²) in [6, 6.07) is 0.860. The van der Waals surface area contributed by atoms with Crippen molar-refractivity contribution in [3.63, 3.8) is 0 Å². The lowest BCUT2D eigenvalue weighted by molar-refractivity contribution is -0.149. The number of ether oxygens (including phenoxy) is 1. The molecule has 9 nitrogen and oxygen atoms in total. The summed E-state index contributed by atoms with van der Waals surface area (Å²) in [6.07, 6.45) is 2.58. The van der Waals surface area contributed by atoms with Crippen LogP contribution < -0.4 is 10.6 Å². The number of hydrogen-bond donors (Lipinski definition) is 2. The van der Waals surface area contributed by atoms with Gasteiger partial charge >= 0.3 is 11.8 Å². The van der Waals surface area contributed by atoms with Crippen LogP contribution in [-0.4, -0.2) is 58.3 Å². The molecule has 0 aliphatic carbocycles. The first-order valence-electron chi connectivity index (χ1n) is 7.31. The van der Waals surface area contributed by atoms with Gasteiger partial charge in [-0.15, -0.1) is 0 Å². The Morgan fingerprint density at radius 1 is 1.43 bits per heavy atom. The third kappa shape index (κ3) is 3.00. The zero-order valence-corrected chi connectivity index (χ0v) is 12.6. The molecule has 122 valence electrons. The van der Waals surface area contributed by atoms with Crippen molar-refractivity contribution in [1.29, 1.82) is 0 Å². The van der Waals surface area contributed by atoms with E-state index in [1.54, 1.807) is 0 Å². The Morgan fingerprint density at radius 2 is 2.26 bits per heavy atom. The summed E-state index contributed by atoms with van der Waals surface area (Å²) in [7, 11) is 1.53. The lowest BCUT2D eigenvalue weighted by Gasteiger charge is -2.33. The third-order valence-corrected chi connectivity index (χ3v) is 4.00. The molecule has 2 saturated heterocycles. The van der Waals surface area contributed by atoms with Gasteiger partial charge in [0.15, 0.2) is 0 Å². The first-order valence-corrected chi connectivity index (χ1v) is 7.31. The molecule has 2 bridgehead atoms. The molecule has 0 radical (unpaired) electrons. The van der Waals surface area contributed by atoms with E-state index in [-0.39, 0.29) is 24.4 Å². The van der Waals surface area contributed by atoms with Crippen LogP contribution in [0.4, 0.5) is 5.82 Å². The van der Waals surface area contributed by atoms with E-state index >= 15 is 0 Å². The van der Waals surface area contributed by atoms with Crippen molar-refractivity contribution in [3.8, 4) is 0 Å². The fourth-order valence-electron chi connectivity index (χ4n) is 2.96.